The van der Waals surface area contributed by atoms with E-state index in [2.05, 4.69) is 39.9 Å². The molecule has 1 aromatic rings. The number of aryl methyl sites for hydroxylation is 1. The molecule has 102 valence electrons. The number of hydrogen-bond donors (Lipinski definition) is 1. The van der Waals surface area contributed by atoms with Gasteiger partial charge in [-0.1, -0.05) is 34.6 Å². The lowest BCUT2D eigenvalue weighted by Gasteiger charge is -2.33. The average Bonchev–Trinajstić information content (AvgIpc) is 2.66. The summed E-state index contributed by atoms with van der Waals surface area (Å²) >= 11 is 1.92. The first-order valence-electron chi connectivity index (χ1n) is 7.07. The monoisotopic (exact) mass is 266 g/mol. The van der Waals surface area contributed by atoms with Gasteiger partial charge in [0, 0.05) is 17.5 Å². The van der Waals surface area contributed by atoms with Crippen LogP contribution in [0.3, 0.4) is 0 Å². The van der Waals surface area contributed by atoms with E-state index in [9.17, 15) is 0 Å². The van der Waals surface area contributed by atoms with Crippen molar-refractivity contribution >= 4 is 11.3 Å². The Labute approximate surface area is 115 Å². The summed E-state index contributed by atoms with van der Waals surface area (Å²) in [5.41, 5.74) is 1.80. The van der Waals surface area contributed by atoms with Gasteiger partial charge >= 0.3 is 0 Å². The van der Waals surface area contributed by atoms with Crippen LogP contribution in [0.5, 0.6) is 0 Å². The molecular weight excluding hydrogens is 240 g/mol. The van der Waals surface area contributed by atoms with Crippen molar-refractivity contribution < 1.29 is 0 Å². The number of nitrogens with one attached hydrogen (secondary N) is 1. The summed E-state index contributed by atoms with van der Waals surface area (Å²) in [6.07, 6.45) is 3.71. The second-order valence-electron chi connectivity index (χ2n) is 6.82. The second kappa shape index (κ2) is 5.30. The predicted octanol–water partition coefficient (Wildman–Crippen LogP) is 3.79. The van der Waals surface area contributed by atoms with E-state index in [1.165, 1.54) is 30.0 Å². The molecule has 1 unspecified atom stereocenters. The van der Waals surface area contributed by atoms with Crippen LogP contribution in [0.1, 0.15) is 56.6 Å². The maximum atomic E-state index is 4.80. The van der Waals surface area contributed by atoms with Crippen LogP contribution in [0, 0.1) is 11.3 Å². The van der Waals surface area contributed by atoms with Crippen LogP contribution in [0.4, 0.5) is 0 Å². The molecule has 0 amide bonds. The molecule has 0 radical (unpaired) electrons. The van der Waals surface area contributed by atoms with Crippen LogP contribution in [-0.2, 0) is 19.4 Å². The Morgan fingerprint density at radius 2 is 2.11 bits per heavy atom. The van der Waals surface area contributed by atoms with Crippen molar-refractivity contribution in [2.24, 2.45) is 11.3 Å². The van der Waals surface area contributed by atoms with E-state index in [0.29, 0.717) is 11.5 Å². The zero-order valence-corrected chi connectivity index (χ0v) is 13.2. The minimum Gasteiger partial charge on any atom is -0.308 e. The molecule has 3 heteroatoms. The molecule has 1 aliphatic carbocycles. The first-order valence-corrected chi connectivity index (χ1v) is 7.88. The SMILES string of the molecule is CC(C)NCc1nc2c(s1)CC(C(C)(C)C)CC2. The summed E-state index contributed by atoms with van der Waals surface area (Å²) in [5.74, 6) is 0.816. The van der Waals surface area contributed by atoms with Gasteiger partial charge in [0.05, 0.1) is 5.69 Å². The lowest BCUT2D eigenvalue weighted by Crippen LogP contribution is -2.26. The van der Waals surface area contributed by atoms with Crippen molar-refractivity contribution in [3.8, 4) is 0 Å². The second-order valence-corrected chi connectivity index (χ2v) is 7.99. The van der Waals surface area contributed by atoms with Gasteiger partial charge in [-0.05, 0) is 30.6 Å². The van der Waals surface area contributed by atoms with Crippen molar-refractivity contribution in [2.45, 2.75) is 66.5 Å². The Bertz CT molecular complexity index is 401. The van der Waals surface area contributed by atoms with E-state index in [1.54, 1.807) is 4.88 Å². The minimum atomic E-state index is 0.429. The molecule has 1 aliphatic rings. The van der Waals surface area contributed by atoms with Crippen LogP contribution in [0.2, 0.25) is 0 Å². The number of nitrogens with zero attached hydrogens (tertiary/aromatic N) is 1. The van der Waals surface area contributed by atoms with Gasteiger partial charge in [0.25, 0.3) is 0 Å². The van der Waals surface area contributed by atoms with Crippen LogP contribution >= 0.6 is 11.3 Å². The highest BCUT2D eigenvalue weighted by Crippen LogP contribution is 2.38. The molecule has 18 heavy (non-hydrogen) atoms. The van der Waals surface area contributed by atoms with E-state index in [-0.39, 0.29) is 0 Å². The molecule has 1 N–H and O–H groups in total. The largest absolute Gasteiger partial charge is 0.308 e. The van der Waals surface area contributed by atoms with Crippen molar-refractivity contribution in [3.05, 3.63) is 15.6 Å². The van der Waals surface area contributed by atoms with E-state index >= 15 is 0 Å². The Balaban J connectivity index is 2.05. The predicted molar refractivity (Wildman–Crippen MR) is 79.1 cm³/mol. The fourth-order valence-electron chi connectivity index (χ4n) is 2.53. The highest BCUT2D eigenvalue weighted by Gasteiger charge is 2.30. The Kier molecular flexibility index (Phi) is 4.12. The van der Waals surface area contributed by atoms with Gasteiger partial charge in [-0.25, -0.2) is 4.98 Å². The van der Waals surface area contributed by atoms with Crippen LogP contribution in [0.15, 0.2) is 0 Å². The van der Waals surface area contributed by atoms with Gasteiger partial charge in [-0.2, -0.15) is 0 Å². The van der Waals surface area contributed by atoms with Gasteiger partial charge in [-0.3, -0.25) is 0 Å². The Hall–Kier alpha value is -0.410. The van der Waals surface area contributed by atoms with Crippen LogP contribution in [0.25, 0.3) is 0 Å². The van der Waals surface area contributed by atoms with E-state index in [4.69, 9.17) is 4.98 Å². The summed E-state index contributed by atoms with van der Waals surface area (Å²) in [7, 11) is 0. The van der Waals surface area contributed by atoms with Crippen molar-refractivity contribution in [1.29, 1.82) is 0 Å². The molecule has 0 saturated heterocycles. The third-order valence-corrected chi connectivity index (χ3v) is 4.99. The van der Waals surface area contributed by atoms with E-state index in [1.807, 2.05) is 11.3 Å². The third kappa shape index (κ3) is 3.33. The summed E-state index contributed by atoms with van der Waals surface area (Å²) < 4.78 is 0. The number of rotatable bonds is 3. The topological polar surface area (TPSA) is 24.9 Å². The van der Waals surface area contributed by atoms with Gasteiger partial charge in [0.15, 0.2) is 0 Å². The van der Waals surface area contributed by atoms with Crippen molar-refractivity contribution in [2.75, 3.05) is 0 Å². The normalized spacial score (nSPS) is 20.2. The first kappa shape index (κ1) is 14.0. The summed E-state index contributed by atoms with van der Waals surface area (Å²) in [5, 5.41) is 4.73. The number of fused-ring (bicyclic) bond motifs is 1. The number of hydrogen-bond acceptors (Lipinski definition) is 3. The molecule has 0 fully saturated rings. The van der Waals surface area contributed by atoms with Crippen LogP contribution < -0.4 is 5.32 Å². The molecule has 0 aromatic carbocycles. The third-order valence-electron chi connectivity index (χ3n) is 3.87. The van der Waals surface area contributed by atoms with Gasteiger partial charge in [0.2, 0.25) is 0 Å². The Morgan fingerprint density at radius 3 is 2.72 bits per heavy atom. The zero-order chi connectivity index (χ0) is 13.3. The summed E-state index contributed by atoms with van der Waals surface area (Å²) in [6, 6.07) is 0.535. The van der Waals surface area contributed by atoms with Crippen molar-refractivity contribution in [3.63, 3.8) is 0 Å². The number of aromatic nitrogens is 1. The zero-order valence-electron chi connectivity index (χ0n) is 12.3. The average molecular weight is 266 g/mol. The lowest BCUT2D eigenvalue weighted by molar-refractivity contribution is 0.217. The molecule has 0 saturated carbocycles. The lowest BCUT2D eigenvalue weighted by atomic mass is 9.73. The molecule has 0 aliphatic heterocycles. The molecule has 1 aromatic heterocycles. The summed E-state index contributed by atoms with van der Waals surface area (Å²) in [4.78, 5) is 6.34. The fraction of sp³-hybridized carbons (Fsp3) is 0.800. The molecular formula is C15H26N2S. The highest BCUT2D eigenvalue weighted by atomic mass is 32.1. The quantitative estimate of drug-likeness (QED) is 0.900. The van der Waals surface area contributed by atoms with Gasteiger partial charge < -0.3 is 5.32 Å². The van der Waals surface area contributed by atoms with Crippen molar-refractivity contribution in [1.82, 2.24) is 10.3 Å². The summed E-state index contributed by atoms with van der Waals surface area (Å²) in [6.45, 7) is 12.4. The standard InChI is InChI=1S/C15H26N2S/c1-10(2)16-9-14-17-12-7-6-11(15(3,4)5)8-13(12)18-14/h10-11,16H,6-9H2,1-5H3. The van der Waals surface area contributed by atoms with Crippen LogP contribution in [-0.4, -0.2) is 11.0 Å². The smallest absolute Gasteiger partial charge is 0.107 e. The molecule has 1 atom stereocenters. The molecule has 0 bridgehead atoms. The fourth-order valence-corrected chi connectivity index (χ4v) is 3.68. The van der Waals surface area contributed by atoms with Gasteiger partial charge in [0.1, 0.15) is 5.01 Å². The van der Waals surface area contributed by atoms with E-state index < -0.39 is 0 Å². The minimum absolute atomic E-state index is 0.429. The van der Waals surface area contributed by atoms with E-state index in [0.717, 1.165) is 12.5 Å². The number of thiazole rings is 1. The maximum Gasteiger partial charge on any atom is 0.107 e. The Morgan fingerprint density at radius 1 is 1.39 bits per heavy atom. The highest BCUT2D eigenvalue weighted by molar-refractivity contribution is 7.11. The molecule has 2 rings (SSSR count). The first-order chi connectivity index (χ1) is 8.36. The molecule has 2 nitrogen and oxygen atoms in total. The maximum absolute atomic E-state index is 4.80. The molecule has 0 spiro atoms. The van der Waals surface area contributed by atoms with Gasteiger partial charge in [-0.15, -0.1) is 11.3 Å². The molecule has 1 heterocycles.